The van der Waals surface area contributed by atoms with Crippen LogP contribution in [0, 0.1) is 0 Å². The first-order valence-corrected chi connectivity index (χ1v) is 5.83. The molecular weight excluding hydrogens is 242 g/mol. The fourth-order valence-electron chi connectivity index (χ4n) is 1.20. The molecule has 0 aromatic heterocycles. The number of halogens is 1. The van der Waals surface area contributed by atoms with Gasteiger partial charge in [0.2, 0.25) is 5.91 Å². The van der Waals surface area contributed by atoms with Gasteiger partial charge in [0.05, 0.1) is 12.2 Å². The minimum absolute atomic E-state index is 0.121. The number of carbonyl (C=O) groups is 2. The molecule has 0 unspecified atom stereocenters. The number of esters is 1. The van der Waals surface area contributed by atoms with E-state index in [1.165, 1.54) is 0 Å². The average molecular weight is 256 g/mol. The van der Waals surface area contributed by atoms with Crippen LogP contribution in [0.25, 0.3) is 0 Å². The van der Waals surface area contributed by atoms with Crippen molar-refractivity contribution in [3.8, 4) is 0 Å². The zero-order chi connectivity index (χ0) is 12.7. The summed E-state index contributed by atoms with van der Waals surface area (Å²) < 4.78 is 4.99. The predicted molar refractivity (Wildman–Crippen MR) is 66.4 cm³/mol. The maximum atomic E-state index is 11.6. The lowest BCUT2D eigenvalue weighted by Gasteiger charge is -2.06. The highest BCUT2D eigenvalue weighted by molar-refractivity contribution is 6.29. The highest BCUT2D eigenvalue weighted by atomic mass is 35.5. The zero-order valence-electron chi connectivity index (χ0n) is 9.53. The summed E-state index contributed by atoms with van der Waals surface area (Å²) >= 11 is 5.37. The lowest BCUT2D eigenvalue weighted by atomic mass is 10.2. The molecule has 5 heteroatoms. The van der Waals surface area contributed by atoms with Crippen molar-refractivity contribution in [1.29, 1.82) is 0 Å². The van der Waals surface area contributed by atoms with Crippen LogP contribution < -0.4 is 5.32 Å². The SMILES string of the molecule is CCCOC(=O)c1cccc(NC(=O)CCl)c1. The summed E-state index contributed by atoms with van der Waals surface area (Å²) in [6, 6.07) is 6.55. The van der Waals surface area contributed by atoms with E-state index in [0.717, 1.165) is 6.42 Å². The topological polar surface area (TPSA) is 55.4 Å². The van der Waals surface area contributed by atoms with E-state index in [9.17, 15) is 9.59 Å². The summed E-state index contributed by atoms with van der Waals surface area (Å²) in [6.45, 7) is 2.31. The Morgan fingerprint density at radius 2 is 2.18 bits per heavy atom. The Hall–Kier alpha value is -1.55. The van der Waals surface area contributed by atoms with Crippen LogP contribution in [0.1, 0.15) is 23.7 Å². The number of nitrogens with one attached hydrogen (secondary N) is 1. The van der Waals surface area contributed by atoms with Crippen molar-refractivity contribution < 1.29 is 14.3 Å². The average Bonchev–Trinajstić information content (AvgIpc) is 2.36. The van der Waals surface area contributed by atoms with Gasteiger partial charge in [-0.2, -0.15) is 0 Å². The number of carbonyl (C=O) groups excluding carboxylic acids is 2. The molecule has 0 bridgehead atoms. The predicted octanol–water partition coefficient (Wildman–Crippen LogP) is 2.43. The van der Waals surface area contributed by atoms with Gasteiger partial charge in [-0.05, 0) is 24.6 Å². The van der Waals surface area contributed by atoms with E-state index >= 15 is 0 Å². The number of ether oxygens (including phenoxy) is 1. The van der Waals surface area contributed by atoms with Gasteiger partial charge in [-0.25, -0.2) is 4.79 Å². The van der Waals surface area contributed by atoms with Crippen LogP contribution in [-0.4, -0.2) is 24.4 Å². The number of hydrogen-bond donors (Lipinski definition) is 1. The number of benzene rings is 1. The molecule has 92 valence electrons. The van der Waals surface area contributed by atoms with Gasteiger partial charge in [-0.15, -0.1) is 11.6 Å². The molecule has 1 amide bonds. The van der Waals surface area contributed by atoms with Gasteiger partial charge in [-0.3, -0.25) is 4.79 Å². The molecular formula is C12H14ClNO3. The lowest BCUT2D eigenvalue weighted by Crippen LogP contribution is -2.13. The minimum atomic E-state index is -0.395. The Morgan fingerprint density at radius 3 is 2.82 bits per heavy atom. The largest absolute Gasteiger partial charge is 0.462 e. The third-order valence-corrected chi connectivity index (χ3v) is 2.18. The quantitative estimate of drug-likeness (QED) is 0.649. The maximum Gasteiger partial charge on any atom is 0.338 e. The van der Waals surface area contributed by atoms with Crippen molar-refractivity contribution in [2.45, 2.75) is 13.3 Å². The maximum absolute atomic E-state index is 11.6. The Balaban J connectivity index is 2.71. The van der Waals surface area contributed by atoms with Crippen molar-refractivity contribution in [3.05, 3.63) is 29.8 Å². The van der Waals surface area contributed by atoms with Gasteiger partial charge >= 0.3 is 5.97 Å². The van der Waals surface area contributed by atoms with Gasteiger partial charge in [-0.1, -0.05) is 13.0 Å². The van der Waals surface area contributed by atoms with E-state index in [2.05, 4.69) is 5.32 Å². The second kappa shape index (κ2) is 6.91. The van der Waals surface area contributed by atoms with Gasteiger partial charge in [0.25, 0.3) is 0 Å². The Morgan fingerprint density at radius 1 is 1.41 bits per heavy atom. The van der Waals surface area contributed by atoms with Crippen molar-refractivity contribution in [2.75, 3.05) is 17.8 Å². The molecule has 0 saturated heterocycles. The van der Waals surface area contributed by atoms with Crippen LogP contribution in [0.4, 0.5) is 5.69 Å². The van der Waals surface area contributed by atoms with Crippen LogP contribution in [0.5, 0.6) is 0 Å². The van der Waals surface area contributed by atoms with Crippen molar-refractivity contribution >= 4 is 29.2 Å². The molecule has 1 aromatic rings. The van der Waals surface area contributed by atoms with Crippen LogP contribution in [0.3, 0.4) is 0 Å². The summed E-state index contributed by atoms with van der Waals surface area (Å²) in [5.41, 5.74) is 0.937. The first kappa shape index (κ1) is 13.5. The van der Waals surface area contributed by atoms with Gasteiger partial charge in [0, 0.05) is 5.69 Å². The number of alkyl halides is 1. The fraction of sp³-hybridized carbons (Fsp3) is 0.333. The Kier molecular flexibility index (Phi) is 5.49. The minimum Gasteiger partial charge on any atom is -0.462 e. The van der Waals surface area contributed by atoms with Crippen molar-refractivity contribution in [3.63, 3.8) is 0 Å². The second-order valence-corrected chi connectivity index (χ2v) is 3.67. The molecule has 0 aliphatic heterocycles. The van der Waals surface area contributed by atoms with Gasteiger partial charge in [0.15, 0.2) is 0 Å². The highest BCUT2D eigenvalue weighted by Crippen LogP contribution is 2.12. The first-order valence-electron chi connectivity index (χ1n) is 5.30. The van der Waals surface area contributed by atoms with E-state index in [1.807, 2.05) is 6.92 Å². The second-order valence-electron chi connectivity index (χ2n) is 3.40. The molecule has 17 heavy (non-hydrogen) atoms. The lowest BCUT2D eigenvalue weighted by molar-refractivity contribution is -0.113. The van der Waals surface area contributed by atoms with Gasteiger partial charge < -0.3 is 10.1 Å². The zero-order valence-corrected chi connectivity index (χ0v) is 10.3. The Bertz CT molecular complexity index is 406. The Labute approximate surface area is 105 Å². The van der Waals surface area contributed by atoms with E-state index in [4.69, 9.17) is 16.3 Å². The smallest absolute Gasteiger partial charge is 0.338 e. The molecule has 0 radical (unpaired) electrons. The molecule has 0 aliphatic carbocycles. The van der Waals surface area contributed by atoms with Gasteiger partial charge in [0.1, 0.15) is 5.88 Å². The highest BCUT2D eigenvalue weighted by Gasteiger charge is 2.08. The van der Waals surface area contributed by atoms with E-state index in [1.54, 1.807) is 24.3 Å². The summed E-state index contributed by atoms with van der Waals surface area (Å²) in [4.78, 5) is 22.6. The molecule has 0 heterocycles. The molecule has 0 aliphatic rings. The van der Waals surface area contributed by atoms with Crippen LogP contribution >= 0.6 is 11.6 Å². The van der Waals surface area contributed by atoms with Crippen LogP contribution in [0.15, 0.2) is 24.3 Å². The third kappa shape index (κ3) is 4.44. The molecule has 0 atom stereocenters. The molecule has 1 rings (SSSR count). The number of amides is 1. The van der Waals surface area contributed by atoms with Crippen molar-refractivity contribution in [1.82, 2.24) is 0 Å². The molecule has 1 N–H and O–H groups in total. The summed E-state index contributed by atoms with van der Waals surface area (Å²) in [5.74, 6) is -0.829. The number of hydrogen-bond acceptors (Lipinski definition) is 3. The normalized spacial score (nSPS) is 9.76. The number of anilines is 1. The summed E-state index contributed by atoms with van der Waals surface area (Å²) in [6.07, 6.45) is 0.772. The monoisotopic (exact) mass is 255 g/mol. The van der Waals surface area contributed by atoms with E-state index in [-0.39, 0.29) is 11.8 Å². The van der Waals surface area contributed by atoms with Crippen LogP contribution in [-0.2, 0) is 9.53 Å². The summed E-state index contributed by atoms with van der Waals surface area (Å²) in [7, 11) is 0. The number of rotatable bonds is 5. The fourth-order valence-corrected chi connectivity index (χ4v) is 1.26. The first-order chi connectivity index (χ1) is 8.17. The van der Waals surface area contributed by atoms with E-state index in [0.29, 0.717) is 17.9 Å². The van der Waals surface area contributed by atoms with Crippen LogP contribution in [0.2, 0.25) is 0 Å². The molecule has 0 spiro atoms. The van der Waals surface area contributed by atoms with E-state index < -0.39 is 5.97 Å². The molecule has 0 fully saturated rings. The third-order valence-electron chi connectivity index (χ3n) is 1.94. The summed E-state index contributed by atoms with van der Waals surface area (Å²) in [5, 5.41) is 2.56. The molecule has 4 nitrogen and oxygen atoms in total. The van der Waals surface area contributed by atoms with Crippen molar-refractivity contribution in [2.24, 2.45) is 0 Å². The molecule has 1 aromatic carbocycles. The standard InChI is InChI=1S/C12H14ClNO3/c1-2-6-17-12(16)9-4-3-5-10(7-9)14-11(15)8-13/h3-5,7H,2,6,8H2,1H3,(H,14,15). The molecule has 0 saturated carbocycles.